The van der Waals surface area contributed by atoms with E-state index < -0.39 is 5.25 Å². The Balaban J connectivity index is 1.72. The number of nitrogens with one attached hydrogen (secondary N) is 1. The second kappa shape index (κ2) is 8.55. The predicted octanol–water partition coefficient (Wildman–Crippen LogP) is 5.20. The lowest BCUT2D eigenvalue weighted by molar-refractivity contribution is -0.127. The van der Waals surface area contributed by atoms with Gasteiger partial charge in [0.2, 0.25) is 11.8 Å². The van der Waals surface area contributed by atoms with Gasteiger partial charge in [0.25, 0.3) is 0 Å². The van der Waals surface area contributed by atoms with Crippen LogP contribution in [0.5, 0.6) is 0 Å². The highest BCUT2D eigenvalue weighted by Crippen LogP contribution is 2.36. The van der Waals surface area contributed by atoms with Crippen molar-refractivity contribution in [3.63, 3.8) is 0 Å². The third-order valence-electron chi connectivity index (χ3n) is 4.31. The number of aliphatic imine (C=N–C) groups is 1. The monoisotopic (exact) mass is 435 g/mol. The van der Waals surface area contributed by atoms with Gasteiger partial charge in [0.1, 0.15) is 5.25 Å². The first-order chi connectivity index (χ1) is 13.3. The van der Waals surface area contributed by atoms with Crippen LogP contribution in [0.2, 0.25) is 10.0 Å². The second-order valence-electron chi connectivity index (χ2n) is 6.54. The van der Waals surface area contributed by atoms with Gasteiger partial charge in [0.15, 0.2) is 5.17 Å². The summed E-state index contributed by atoms with van der Waals surface area (Å²) < 4.78 is 0. The van der Waals surface area contributed by atoms with Gasteiger partial charge >= 0.3 is 0 Å². The molecule has 2 amide bonds. The van der Waals surface area contributed by atoms with Crippen LogP contribution in [0.3, 0.4) is 0 Å². The van der Waals surface area contributed by atoms with Gasteiger partial charge in [-0.1, -0.05) is 58.7 Å². The van der Waals surface area contributed by atoms with Crippen LogP contribution in [0.1, 0.15) is 17.5 Å². The molecule has 5 nitrogen and oxygen atoms in total. The number of nitrogens with zero attached hydrogens (tertiary/aromatic N) is 2. The Labute approximate surface area is 178 Å². The Kier molecular flexibility index (Phi) is 6.33. The number of hydrogen-bond donors (Lipinski definition) is 1. The Morgan fingerprint density at radius 2 is 2.00 bits per heavy atom. The van der Waals surface area contributed by atoms with E-state index in [2.05, 4.69) is 10.3 Å². The molecule has 1 heterocycles. The van der Waals surface area contributed by atoms with Crippen molar-refractivity contribution in [1.29, 1.82) is 0 Å². The van der Waals surface area contributed by atoms with Crippen LogP contribution in [0, 0.1) is 13.8 Å². The van der Waals surface area contributed by atoms with Crippen molar-refractivity contribution in [2.24, 2.45) is 4.99 Å². The van der Waals surface area contributed by atoms with E-state index in [9.17, 15) is 9.59 Å². The van der Waals surface area contributed by atoms with Gasteiger partial charge < -0.3 is 5.32 Å². The maximum Gasteiger partial charge on any atom is 0.242 e. The first-order valence-electron chi connectivity index (χ1n) is 8.60. The molecule has 3 rings (SSSR count). The zero-order valence-electron chi connectivity index (χ0n) is 15.6. The number of rotatable bonds is 4. The van der Waals surface area contributed by atoms with Crippen molar-refractivity contribution in [1.82, 2.24) is 4.90 Å². The minimum Gasteiger partial charge on any atom is -0.326 e. The number of amidine groups is 1. The van der Waals surface area contributed by atoms with E-state index >= 15 is 0 Å². The van der Waals surface area contributed by atoms with E-state index in [1.807, 2.05) is 32.0 Å². The lowest BCUT2D eigenvalue weighted by Gasteiger charge is -2.11. The molecule has 146 valence electrons. The number of thioether (sulfide) groups is 1. The van der Waals surface area contributed by atoms with E-state index in [0.29, 0.717) is 20.9 Å². The molecule has 28 heavy (non-hydrogen) atoms. The standard InChI is InChI=1S/C20H19Cl2N3O2S/c1-11-7-8-14(12(2)9-11)23-17(26)10-16-19(27)25(3)20(28-16)24-15-6-4-5-13(21)18(15)22/h4-9,16H,10H2,1-3H3,(H,23,26). The Morgan fingerprint density at radius 1 is 1.25 bits per heavy atom. The number of amides is 2. The van der Waals surface area contributed by atoms with Gasteiger partial charge in [-0.15, -0.1) is 0 Å². The molecule has 2 aromatic carbocycles. The van der Waals surface area contributed by atoms with E-state index in [1.54, 1.807) is 25.2 Å². The lowest BCUT2D eigenvalue weighted by Crippen LogP contribution is -2.30. The summed E-state index contributed by atoms with van der Waals surface area (Å²) in [7, 11) is 1.63. The Bertz CT molecular complexity index is 978. The van der Waals surface area contributed by atoms with Crippen molar-refractivity contribution in [3.05, 3.63) is 57.6 Å². The topological polar surface area (TPSA) is 61.8 Å². The first kappa shape index (κ1) is 20.7. The summed E-state index contributed by atoms with van der Waals surface area (Å²) >= 11 is 13.4. The van der Waals surface area contributed by atoms with Crippen molar-refractivity contribution in [2.45, 2.75) is 25.5 Å². The van der Waals surface area contributed by atoms with Crippen molar-refractivity contribution in [2.75, 3.05) is 12.4 Å². The highest BCUT2D eigenvalue weighted by Gasteiger charge is 2.37. The number of carbonyl (C=O) groups is 2. The van der Waals surface area contributed by atoms with Crippen LogP contribution in [-0.4, -0.2) is 34.2 Å². The normalized spacial score (nSPS) is 18.0. The number of carbonyl (C=O) groups excluding carboxylic acids is 2. The number of halogens is 2. The van der Waals surface area contributed by atoms with Gasteiger partial charge in [-0.3, -0.25) is 14.5 Å². The molecule has 0 radical (unpaired) electrons. The van der Waals surface area contributed by atoms with E-state index in [1.165, 1.54) is 16.7 Å². The molecule has 0 saturated carbocycles. The molecule has 1 saturated heterocycles. The molecule has 0 aliphatic carbocycles. The van der Waals surface area contributed by atoms with Crippen LogP contribution < -0.4 is 5.32 Å². The lowest BCUT2D eigenvalue weighted by atomic mass is 10.1. The minimum atomic E-state index is -0.535. The zero-order chi connectivity index (χ0) is 20.4. The quantitative estimate of drug-likeness (QED) is 0.717. The highest BCUT2D eigenvalue weighted by atomic mass is 35.5. The van der Waals surface area contributed by atoms with Crippen molar-refractivity contribution >= 4 is 63.3 Å². The third-order valence-corrected chi connectivity index (χ3v) is 6.35. The molecule has 1 fully saturated rings. The highest BCUT2D eigenvalue weighted by molar-refractivity contribution is 8.15. The van der Waals surface area contributed by atoms with Crippen LogP contribution >= 0.6 is 35.0 Å². The van der Waals surface area contributed by atoms with Gasteiger partial charge in [0.05, 0.1) is 15.7 Å². The fraction of sp³-hybridized carbons (Fsp3) is 0.250. The van der Waals surface area contributed by atoms with Crippen molar-refractivity contribution < 1.29 is 9.59 Å². The fourth-order valence-electron chi connectivity index (χ4n) is 2.80. The molecule has 1 aliphatic rings. The SMILES string of the molecule is Cc1ccc(NC(=O)CC2SC(=Nc3cccc(Cl)c3Cl)N(C)C2=O)c(C)c1. The molecule has 8 heteroatoms. The minimum absolute atomic E-state index is 0.0590. The maximum atomic E-state index is 12.5. The Morgan fingerprint density at radius 3 is 2.71 bits per heavy atom. The van der Waals surface area contributed by atoms with E-state index in [4.69, 9.17) is 23.2 Å². The third kappa shape index (κ3) is 4.51. The molecule has 2 aromatic rings. The number of anilines is 1. The van der Waals surface area contributed by atoms with E-state index in [0.717, 1.165) is 16.8 Å². The summed E-state index contributed by atoms with van der Waals surface area (Å²) in [5, 5.41) is 3.55. The zero-order valence-corrected chi connectivity index (χ0v) is 18.0. The molecule has 0 aromatic heterocycles. The largest absolute Gasteiger partial charge is 0.326 e. The molecule has 1 N–H and O–H groups in total. The predicted molar refractivity (Wildman–Crippen MR) is 117 cm³/mol. The number of hydrogen-bond acceptors (Lipinski definition) is 4. The first-order valence-corrected chi connectivity index (χ1v) is 10.2. The van der Waals surface area contributed by atoms with Crippen LogP contribution in [0.25, 0.3) is 0 Å². The molecule has 0 spiro atoms. The summed E-state index contributed by atoms with van der Waals surface area (Å²) in [4.78, 5) is 30.9. The van der Waals surface area contributed by atoms with Crippen LogP contribution in [0.15, 0.2) is 41.4 Å². The number of aryl methyl sites for hydroxylation is 2. The molecular formula is C20H19Cl2N3O2S. The summed E-state index contributed by atoms with van der Waals surface area (Å²) in [5.74, 6) is -0.383. The van der Waals surface area contributed by atoms with Gasteiger partial charge in [-0.2, -0.15) is 0 Å². The second-order valence-corrected chi connectivity index (χ2v) is 8.50. The molecule has 1 unspecified atom stereocenters. The van der Waals surface area contributed by atoms with Crippen molar-refractivity contribution in [3.8, 4) is 0 Å². The fourth-order valence-corrected chi connectivity index (χ4v) is 4.29. The summed E-state index contributed by atoms with van der Waals surface area (Å²) in [5.41, 5.74) is 3.34. The summed E-state index contributed by atoms with van der Waals surface area (Å²) in [6, 6.07) is 10.9. The van der Waals surface area contributed by atoms with Gasteiger partial charge in [-0.05, 0) is 37.6 Å². The maximum absolute atomic E-state index is 12.5. The molecular weight excluding hydrogens is 417 g/mol. The molecule has 1 aliphatic heterocycles. The van der Waals surface area contributed by atoms with E-state index in [-0.39, 0.29) is 18.2 Å². The average Bonchev–Trinajstić information content (AvgIpc) is 2.89. The summed E-state index contributed by atoms with van der Waals surface area (Å²) in [6.45, 7) is 3.93. The van der Waals surface area contributed by atoms with Crippen LogP contribution in [-0.2, 0) is 9.59 Å². The Hall–Kier alpha value is -2.02. The number of benzene rings is 2. The average molecular weight is 436 g/mol. The smallest absolute Gasteiger partial charge is 0.242 e. The molecule has 1 atom stereocenters. The van der Waals surface area contributed by atoms with Gasteiger partial charge in [0, 0.05) is 19.2 Å². The molecule has 0 bridgehead atoms. The van der Waals surface area contributed by atoms with Crippen LogP contribution in [0.4, 0.5) is 11.4 Å². The van der Waals surface area contributed by atoms with Gasteiger partial charge in [-0.25, -0.2) is 4.99 Å². The summed E-state index contributed by atoms with van der Waals surface area (Å²) in [6.07, 6.45) is 0.0590.